The second-order valence-corrected chi connectivity index (χ2v) is 10.2. The van der Waals surface area contributed by atoms with Gasteiger partial charge in [0.15, 0.2) is 11.6 Å². The Kier molecular flexibility index (Phi) is 6.76. The maximum Gasteiger partial charge on any atom is 0.255 e. The van der Waals surface area contributed by atoms with E-state index in [0.29, 0.717) is 47.5 Å². The predicted molar refractivity (Wildman–Crippen MR) is 144 cm³/mol. The highest BCUT2D eigenvalue weighted by Crippen LogP contribution is 2.44. The average molecular weight is 518 g/mol. The molecule has 1 atom stereocenters. The van der Waals surface area contributed by atoms with E-state index in [2.05, 4.69) is 37.7 Å². The van der Waals surface area contributed by atoms with Crippen molar-refractivity contribution in [2.45, 2.75) is 25.2 Å². The van der Waals surface area contributed by atoms with Gasteiger partial charge in [0.25, 0.3) is 5.91 Å². The molecule has 7 rings (SSSR count). The van der Waals surface area contributed by atoms with Crippen LogP contribution in [0.4, 0.5) is 15.8 Å². The molecule has 6 heterocycles. The third-order valence-corrected chi connectivity index (χ3v) is 7.79. The number of halogens is 1. The lowest BCUT2D eigenvalue weighted by atomic mass is 9.93. The normalized spacial score (nSPS) is 23.6. The van der Waals surface area contributed by atoms with Crippen molar-refractivity contribution in [3.8, 4) is 22.8 Å². The average Bonchev–Trinajstić information content (AvgIpc) is 3.31. The van der Waals surface area contributed by atoms with Crippen LogP contribution in [0, 0.1) is 11.7 Å². The number of piperidine rings is 1. The van der Waals surface area contributed by atoms with Gasteiger partial charge in [0, 0.05) is 36.5 Å². The SMILES string of the molecule is COc1c(F)cccc1Nc1c2[nH]c3c1C(=O)NCC3C/C=C\CN1CCC(CC1)COc1cnccc1-2. The number of H-pyrrole nitrogens is 1. The smallest absolute Gasteiger partial charge is 0.255 e. The number of anilines is 2. The van der Waals surface area contributed by atoms with Gasteiger partial charge in [-0.25, -0.2) is 4.39 Å². The molecular weight excluding hydrogens is 485 g/mol. The Balaban J connectivity index is 1.50. The van der Waals surface area contributed by atoms with Crippen LogP contribution in [-0.4, -0.2) is 60.7 Å². The van der Waals surface area contributed by atoms with Crippen LogP contribution >= 0.6 is 0 Å². The number of carbonyl (C=O) groups excluding carboxylic acids is 1. The summed E-state index contributed by atoms with van der Waals surface area (Å²) in [6, 6.07) is 6.58. The van der Waals surface area contributed by atoms with Crippen molar-refractivity contribution in [2.75, 3.05) is 45.2 Å². The number of aromatic nitrogens is 2. The Labute approximate surface area is 221 Å². The summed E-state index contributed by atoms with van der Waals surface area (Å²) >= 11 is 0. The van der Waals surface area contributed by atoms with Gasteiger partial charge < -0.3 is 25.1 Å². The molecule has 3 N–H and O–H groups in total. The summed E-state index contributed by atoms with van der Waals surface area (Å²) in [6.45, 7) is 4.18. The van der Waals surface area contributed by atoms with Crippen LogP contribution in [-0.2, 0) is 0 Å². The first kappa shape index (κ1) is 24.5. The number of rotatable bonds is 3. The molecule has 1 saturated heterocycles. The van der Waals surface area contributed by atoms with Gasteiger partial charge in [0.1, 0.15) is 5.75 Å². The first-order chi connectivity index (χ1) is 18.6. The maximum absolute atomic E-state index is 14.6. The molecule has 1 amide bonds. The zero-order valence-electron chi connectivity index (χ0n) is 21.4. The summed E-state index contributed by atoms with van der Waals surface area (Å²) in [5, 5.41) is 6.39. The highest BCUT2D eigenvalue weighted by molar-refractivity contribution is 6.07. The van der Waals surface area contributed by atoms with E-state index in [1.54, 1.807) is 24.5 Å². The second-order valence-electron chi connectivity index (χ2n) is 10.2. The number of ether oxygens (including phenoxy) is 2. The fourth-order valence-electron chi connectivity index (χ4n) is 5.67. The molecule has 3 aromatic rings. The molecule has 1 unspecified atom stereocenters. The standard InChI is InChI=1S/C29H32FN5O3/c1-37-28-21(30)6-4-7-22(28)33-27-24-25-19(15-32-29(24)36)5-2-3-12-35-13-9-18(10-14-35)17-38-23-16-31-11-8-20(23)26(27)34-25/h2-4,6-8,11,16,18-19,33-34H,5,9-10,12-15,17H2,1H3,(H,32,36)/b3-2-. The van der Waals surface area contributed by atoms with Crippen molar-refractivity contribution in [3.05, 3.63) is 65.9 Å². The fraction of sp³-hybridized carbons (Fsp3) is 0.379. The van der Waals surface area contributed by atoms with Crippen molar-refractivity contribution in [1.29, 1.82) is 0 Å². The number of benzene rings is 1. The van der Waals surface area contributed by atoms with E-state index in [1.165, 1.54) is 13.2 Å². The lowest BCUT2D eigenvalue weighted by Gasteiger charge is -2.31. The highest BCUT2D eigenvalue weighted by atomic mass is 19.1. The van der Waals surface area contributed by atoms with Gasteiger partial charge in [0.05, 0.1) is 42.5 Å². The lowest BCUT2D eigenvalue weighted by molar-refractivity contribution is 0.0941. The molecule has 38 heavy (non-hydrogen) atoms. The van der Waals surface area contributed by atoms with E-state index in [4.69, 9.17) is 9.47 Å². The third kappa shape index (κ3) is 4.62. The topological polar surface area (TPSA) is 91.5 Å². The Morgan fingerprint density at radius 2 is 2.08 bits per heavy atom. The van der Waals surface area contributed by atoms with Crippen LogP contribution in [0.1, 0.15) is 41.2 Å². The Morgan fingerprint density at radius 3 is 2.92 bits per heavy atom. The number of aromatic amines is 1. The minimum atomic E-state index is -0.486. The molecule has 2 aromatic heterocycles. The van der Waals surface area contributed by atoms with E-state index in [9.17, 15) is 9.18 Å². The zero-order chi connectivity index (χ0) is 26.1. The summed E-state index contributed by atoms with van der Waals surface area (Å²) in [5.41, 5.74) is 3.85. The first-order valence-corrected chi connectivity index (χ1v) is 13.2. The zero-order valence-corrected chi connectivity index (χ0v) is 21.4. The number of para-hydroxylation sites is 1. The first-order valence-electron chi connectivity index (χ1n) is 13.2. The minimum Gasteiger partial charge on any atom is -0.492 e. The fourth-order valence-corrected chi connectivity index (χ4v) is 5.67. The van der Waals surface area contributed by atoms with Gasteiger partial charge in [-0.3, -0.25) is 14.7 Å². The number of fused-ring (bicyclic) bond motifs is 5. The molecule has 4 aliphatic heterocycles. The Bertz CT molecular complexity index is 1360. The van der Waals surface area contributed by atoms with Gasteiger partial charge in [-0.05, 0) is 56.5 Å². The highest BCUT2D eigenvalue weighted by Gasteiger charge is 2.33. The molecule has 4 aliphatic rings. The molecule has 9 heteroatoms. The molecule has 1 aromatic carbocycles. The van der Waals surface area contributed by atoms with Crippen LogP contribution in [0.25, 0.3) is 11.3 Å². The molecule has 0 radical (unpaired) electrons. The molecule has 0 spiro atoms. The van der Waals surface area contributed by atoms with Gasteiger partial charge in [-0.15, -0.1) is 0 Å². The van der Waals surface area contributed by atoms with Crippen LogP contribution in [0.15, 0.2) is 48.8 Å². The lowest BCUT2D eigenvalue weighted by Crippen LogP contribution is -2.35. The van der Waals surface area contributed by atoms with E-state index >= 15 is 0 Å². The molecule has 4 bridgehead atoms. The van der Waals surface area contributed by atoms with E-state index in [-0.39, 0.29) is 17.6 Å². The molecule has 0 aliphatic carbocycles. The van der Waals surface area contributed by atoms with Crippen LogP contribution in [0.3, 0.4) is 0 Å². The van der Waals surface area contributed by atoms with E-state index in [0.717, 1.165) is 50.2 Å². The largest absolute Gasteiger partial charge is 0.492 e. The molecular formula is C29H32FN5O3. The summed E-state index contributed by atoms with van der Waals surface area (Å²) in [6.07, 6.45) is 10.9. The number of pyridine rings is 1. The van der Waals surface area contributed by atoms with Crippen molar-refractivity contribution >= 4 is 17.3 Å². The van der Waals surface area contributed by atoms with Crippen LogP contribution in [0.5, 0.6) is 11.5 Å². The number of amides is 1. The minimum absolute atomic E-state index is 0.0625. The van der Waals surface area contributed by atoms with Crippen LogP contribution in [0.2, 0.25) is 0 Å². The number of allylic oxidation sites excluding steroid dienone is 1. The quantitative estimate of drug-likeness (QED) is 0.431. The molecule has 198 valence electrons. The van der Waals surface area contributed by atoms with Gasteiger partial charge in [-0.1, -0.05) is 18.2 Å². The molecule has 8 nitrogen and oxygen atoms in total. The third-order valence-electron chi connectivity index (χ3n) is 7.79. The number of nitrogens with one attached hydrogen (secondary N) is 3. The van der Waals surface area contributed by atoms with E-state index < -0.39 is 5.82 Å². The second kappa shape index (κ2) is 10.5. The summed E-state index contributed by atoms with van der Waals surface area (Å²) in [7, 11) is 1.43. The van der Waals surface area contributed by atoms with Crippen molar-refractivity contribution in [2.24, 2.45) is 5.92 Å². The van der Waals surface area contributed by atoms with Gasteiger partial charge in [-0.2, -0.15) is 0 Å². The number of carbonyl (C=O) groups is 1. The van der Waals surface area contributed by atoms with E-state index in [1.807, 2.05) is 6.07 Å². The van der Waals surface area contributed by atoms with Crippen molar-refractivity contribution in [3.63, 3.8) is 0 Å². The molecule has 1 fully saturated rings. The Hall–Kier alpha value is -3.85. The molecule has 0 saturated carbocycles. The summed E-state index contributed by atoms with van der Waals surface area (Å²) < 4.78 is 26.3. The Morgan fingerprint density at radius 1 is 1.21 bits per heavy atom. The van der Waals surface area contributed by atoms with Crippen molar-refractivity contribution in [1.82, 2.24) is 20.2 Å². The van der Waals surface area contributed by atoms with Gasteiger partial charge >= 0.3 is 0 Å². The maximum atomic E-state index is 14.6. The number of hydrogen-bond acceptors (Lipinski definition) is 6. The predicted octanol–water partition coefficient (Wildman–Crippen LogP) is 4.85. The van der Waals surface area contributed by atoms with Crippen molar-refractivity contribution < 1.29 is 18.7 Å². The monoisotopic (exact) mass is 517 g/mol. The number of nitrogens with zero attached hydrogens (tertiary/aromatic N) is 2. The van der Waals surface area contributed by atoms with Gasteiger partial charge in [0.2, 0.25) is 0 Å². The summed E-state index contributed by atoms with van der Waals surface area (Å²) in [4.78, 5) is 23.7. The van der Waals surface area contributed by atoms with Crippen LogP contribution < -0.4 is 20.1 Å². The summed E-state index contributed by atoms with van der Waals surface area (Å²) in [5.74, 6) is 0.593. The number of methoxy groups -OCH3 is 1. The number of hydrogen-bond donors (Lipinski definition) is 3.